The predicted octanol–water partition coefficient (Wildman–Crippen LogP) is 3.03. The molecule has 0 spiro atoms. The van der Waals surface area contributed by atoms with E-state index in [1.165, 1.54) is 0 Å². The first-order chi connectivity index (χ1) is 10.6. The highest BCUT2D eigenvalue weighted by Crippen LogP contribution is 2.09. The number of carbonyl (C=O) groups excluding carboxylic acids is 2. The van der Waals surface area contributed by atoms with Crippen molar-refractivity contribution in [2.24, 2.45) is 5.10 Å². The standard InChI is InChI=1S/C16H22ClN3O2/c1-3-5-14(6-4-2)19-20-16(22)15(21)18-11-12-7-9-13(17)10-8-12/h7-10H,3-6,11H2,1-2H3,(H,18,21)(H,20,22). The zero-order valence-corrected chi connectivity index (χ0v) is 13.7. The molecular formula is C16H22ClN3O2. The summed E-state index contributed by atoms with van der Waals surface area (Å²) in [6.07, 6.45) is 3.55. The minimum atomic E-state index is -0.751. The van der Waals surface area contributed by atoms with Crippen LogP contribution in [-0.4, -0.2) is 17.5 Å². The van der Waals surface area contributed by atoms with Crippen LogP contribution in [-0.2, 0) is 16.1 Å². The van der Waals surface area contributed by atoms with Crippen LogP contribution in [0.25, 0.3) is 0 Å². The number of halogens is 1. The number of carbonyl (C=O) groups is 2. The highest BCUT2D eigenvalue weighted by atomic mass is 35.5. The van der Waals surface area contributed by atoms with Crippen LogP contribution >= 0.6 is 11.6 Å². The van der Waals surface area contributed by atoms with Crippen molar-refractivity contribution in [3.63, 3.8) is 0 Å². The van der Waals surface area contributed by atoms with Gasteiger partial charge in [-0.15, -0.1) is 0 Å². The monoisotopic (exact) mass is 323 g/mol. The second-order valence-electron chi connectivity index (χ2n) is 4.93. The zero-order valence-electron chi connectivity index (χ0n) is 13.0. The zero-order chi connectivity index (χ0) is 16.4. The van der Waals surface area contributed by atoms with Gasteiger partial charge in [-0.25, -0.2) is 5.43 Å². The molecule has 1 aromatic carbocycles. The number of hydrazone groups is 1. The van der Waals surface area contributed by atoms with Gasteiger partial charge in [0.05, 0.1) is 0 Å². The van der Waals surface area contributed by atoms with Gasteiger partial charge in [0.2, 0.25) is 0 Å². The van der Waals surface area contributed by atoms with Gasteiger partial charge in [-0.05, 0) is 30.5 Å². The second kappa shape index (κ2) is 9.95. The Morgan fingerprint density at radius 3 is 2.18 bits per heavy atom. The minimum absolute atomic E-state index is 0.268. The summed E-state index contributed by atoms with van der Waals surface area (Å²) >= 11 is 5.78. The molecule has 120 valence electrons. The molecule has 1 aromatic rings. The number of nitrogens with one attached hydrogen (secondary N) is 2. The van der Waals surface area contributed by atoms with Crippen LogP contribution in [0.5, 0.6) is 0 Å². The molecule has 0 aromatic heterocycles. The summed E-state index contributed by atoms with van der Waals surface area (Å²) in [7, 11) is 0. The Kier molecular flexibility index (Phi) is 8.22. The maximum absolute atomic E-state index is 11.7. The van der Waals surface area contributed by atoms with E-state index in [-0.39, 0.29) is 6.54 Å². The van der Waals surface area contributed by atoms with Crippen molar-refractivity contribution in [2.45, 2.75) is 46.1 Å². The SMILES string of the molecule is CCCC(CCC)=NNC(=O)C(=O)NCc1ccc(Cl)cc1. The molecule has 0 saturated heterocycles. The first-order valence-corrected chi connectivity index (χ1v) is 7.82. The number of rotatable bonds is 7. The van der Waals surface area contributed by atoms with Crippen molar-refractivity contribution in [2.75, 3.05) is 0 Å². The molecule has 0 saturated carbocycles. The van der Waals surface area contributed by atoms with Gasteiger partial charge >= 0.3 is 11.8 Å². The molecule has 0 aliphatic carbocycles. The van der Waals surface area contributed by atoms with Gasteiger partial charge in [-0.2, -0.15) is 5.10 Å². The van der Waals surface area contributed by atoms with Gasteiger partial charge < -0.3 is 5.32 Å². The van der Waals surface area contributed by atoms with Gasteiger partial charge in [0.25, 0.3) is 0 Å². The smallest absolute Gasteiger partial charge is 0.329 e. The normalized spacial score (nSPS) is 9.95. The lowest BCUT2D eigenvalue weighted by atomic mass is 10.1. The first-order valence-electron chi connectivity index (χ1n) is 7.44. The number of benzene rings is 1. The summed E-state index contributed by atoms with van der Waals surface area (Å²) < 4.78 is 0. The van der Waals surface area contributed by atoms with Crippen molar-refractivity contribution in [1.29, 1.82) is 0 Å². The summed E-state index contributed by atoms with van der Waals surface area (Å²) in [6, 6.07) is 7.04. The van der Waals surface area contributed by atoms with Crippen LogP contribution in [0.4, 0.5) is 0 Å². The lowest BCUT2D eigenvalue weighted by Gasteiger charge is -2.06. The fraction of sp³-hybridized carbons (Fsp3) is 0.438. The molecule has 0 atom stereocenters. The summed E-state index contributed by atoms with van der Waals surface area (Å²) in [5, 5.41) is 7.20. The minimum Gasteiger partial charge on any atom is -0.344 e. The van der Waals surface area contributed by atoms with E-state index >= 15 is 0 Å². The molecule has 0 bridgehead atoms. The van der Waals surface area contributed by atoms with E-state index in [0.717, 1.165) is 37.0 Å². The highest BCUT2D eigenvalue weighted by Gasteiger charge is 2.12. The molecule has 0 aliphatic heterocycles. The number of amides is 2. The molecule has 0 heterocycles. The van der Waals surface area contributed by atoms with Crippen LogP contribution in [0.15, 0.2) is 29.4 Å². The van der Waals surface area contributed by atoms with Crippen LogP contribution in [0, 0.1) is 0 Å². The average molecular weight is 324 g/mol. The lowest BCUT2D eigenvalue weighted by Crippen LogP contribution is -2.37. The molecule has 22 heavy (non-hydrogen) atoms. The quantitative estimate of drug-likeness (QED) is 0.460. The fourth-order valence-electron chi connectivity index (χ4n) is 1.86. The Bertz CT molecular complexity index is 519. The summed E-state index contributed by atoms with van der Waals surface area (Å²) in [6.45, 7) is 4.36. The summed E-state index contributed by atoms with van der Waals surface area (Å²) in [5.41, 5.74) is 4.09. The van der Waals surface area contributed by atoms with Crippen molar-refractivity contribution in [3.05, 3.63) is 34.9 Å². The van der Waals surface area contributed by atoms with Gasteiger partial charge in [0.1, 0.15) is 0 Å². The largest absolute Gasteiger partial charge is 0.344 e. The Morgan fingerprint density at radius 2 is 1.64 bits per heavy atom. The fourth-order valence-corrected chi connectivity index (χ4v) is 1.99. The molecule has 6 heteroatoms. The molecule has 0 radical (unpaired) electrons. The van der Waals surface area contributed by atoms with E-state index in [2.05, 4.69) is 15.8 Å². The van der Waals surface area contributed by atoms with Gasteiger partial charge in [-0.3, -0.25) is 9.59 Å². The van der Waals surface area contributed by atoms with Crippen LogP contribution in [0.2, 0.25) is 5.02 Å². The average Bonchev–Trinajstić information content (AvgIpc) is 2.52. The number of nitrogens with zero attached hydrogens (tertiary/aromatic N) is 1. The third-order valence-electron chi connectivity index (χ3n) is 2.97. The van der Waals surface area contributed by atoms with E-state index in [1.54, 1.807) is 24.3 Å². The third kappa shape index (κ3) is 6.72. The van der Waals surface area contributed by atoms with E-state index in [0.29, 0.717) is 5.02 Å². The maximum Gasteiger partial charge on any atom is 0.329 e. The third-order valence-corrected chi connectivity index (χ3v) is 3.22. The molecule has 0 unspecified atom stereocenters. The summed E-state index contributed by atoms with van der Waals surface area (Å²) in [5.74, 6) is -1.45. The van der Waals surface area contributed by atoms with Gasteiger partial charge in [0, 0.05) is 17.3 Å². The Hall–Kier alpha value is -1.88. The molecule has 5 nitrogen and oxygen atoms in total. The molecule has 2 amide bonds. The summed E-state index contributed by atoms with van der Waals surface area (Å²) in [4.78, 5) is 23.4. The Balaban J connectivity index is 2.45. The van der Waals surface area contributed by atoms with E-state index in [9.17, 15) is 9.59 Å². The first kappa shape index (κ1) is 18.2. The Labute approximate surface area is 136 Å². The predicted molar refractivity (Wildman–Crippen MR) is 88.7 cm³/mol. The van der Waals surface area contributed by atoms with Crippen LogP contribution in [0.3, 0.4) is 0 Å². The van der Waals surface area contributed by atoms with E-state index in [4.69, 9.17) is 11.6 Å². The number of hydrogen-bond acceptors (Lipinski definition) is 3. The Morgan fingerprint density at radius 1 is 1.05 bits per heavy atom. The van der Waals surface area contributed by atoms with Gasteiger partial charge in [0.15, 0.2) is 0 Å². The van der Waals surface area contributed by atoms with E-state index in [1.807, 2.05) is 13.8 Å². The number of hydrogen-bond donors (Lipinski definition) is 2. The van der Waals surface area contributed by atoms with Crippen LogP contribution in [0.1, 0.15) is 45.1 Å². The van der Waals surface area contributed by atoms with Crippen molar-refractivity contribution in [1.82, 2.24) is 10.7 Å². The van der Waals surface area contributed by atoms with E-state index < -0.39 is 11.8 Å². The van der Waals surface area contributed by atoms with Gasteiger partial charge in [-0.1, -0.05) is 50.4 Å². The van der Waals surface area contributed by atoms with Crippen molar-refractivity contribution >= 4 is 29.1 Å². The van der Waals surface area contributed by atoms with Crippen molar-refractivity contribution in [3.8, 4) is 0 Å². The van der Waals surface area contributed by atoms with Crippen molar-refractivity contribution < 1.29 is 9.59 Å². The highest BCUT2D eigenvalue weighted by molar-refractivity contribution is 6.35. The molecule has 0 aliphatic rings. The molecular weight excluding hydrogens is 302 g/mol. The molecule has 0 fully saturated rings. The maximum atomic E-state index is 11.7. The van der Waals surface area contributed by atoms with Crippen LogP contribution < -0.4 is 10.7 Å². The lowest BCUT2D eigenvalue weighted by molar-refractivity contribution is -0.139. The second-order valence-corrected chi connectivity index (χ2v) is 5.36. The topological polar surface area (TPSA) is 70.6 Å². The molecule has 2 N–H and O–H groups in total. The molecule has 1 rings (SSSR count).